The molecule has 1 fully saturated rings. The number of hydrogen-bond donors (Lipinski definition) is 2. The Balaban J connectivity index is 2.16. The highest BCUT2D eigenvalue weighted by atomic mass is 16.3. The number of nitrogens with one attached hydrogen (secondary N) is 1. The summed E-state index contributed by atoms with van der Waals surface area (Å²) in [5.74, 6) is 0.817. The zero-order valence-corrected chi connectivity index (χ0v) is 8.63. The number of hydrogen-bond acceptors (Lipinski definition) is 3. The highest BCUT2D eigenvalue weighted by Gasteiger charge is 2.18. The molecule has 0 aromatic rings. The molecule has 0 saturated carbocycles. The maximum atomic E-state index is 8.73. The molecule has 1 aliphatic rings. The molecule has 1 atom stereocenters. The smallest absolute Gasteiger partial charge is 0.0443 e. The van der Waals surface area contributed by atoms with Gasteiger partial charge in [-0.05, 0) is 45.3 Å². The lowest BCUT2D eigenvalue weighted by Crippen LogP contribution is -2.39. The van der Waals surface area contributed by atoms with Gasteiger partial charge in [-0.1, -0.05) is 0 Å². The Labute approximate surface area is 81.1 Å². The summed E-state index contributed by atoms with van der Waals surface area (Å²) < 4.78 is 0. The van der Waals surface area contributed by atoms with E-state index in [-0.39, 0.29) is 0 Å². The van der Waals surface area contributed by atoms with Crippen molar-refractivity contribution in [3.05, 3.63) is 0 Å². The van der Waals surface area contributed by atoms with Crippen molar-refractivity contribution in [2.45, 2.75) is 19.3 Å². The topological polar surface area (TPSA) is 35.5 Å². The molecule has 0 bridgehead atoms. The van der Waals surface area contributed by atoms with Crippen molar-refractivity contribution < 1.29 is 5.11 Å². The van der Waals surface area contributed by atoms with E-state index in [0.29, 0.717) is 6.61 Å². The molecule has 0 aromatic carbocycles. The second-order valence-corrected chi connectivity index (χ2v) is 3.94. The van der Waals surface area contributed by atoms with Gasteiger partial charge in [0.15, 0.2) is 0 Å². The van der Waals surface area contributed by atoms with Crippen LogP contribution in [0.2, 0.25) is 0 Å². The van der Waals surface area contributed by atoms with E-state index in [4.69, 9.17) is 5.11 Å². The van der Waals surface area contributed by atoms with Crippen molar-refractivity contribution in [1.82, 2.24) is 10.2 Å². The lowest BCUT2D eigenvalue weighted by molar-refractivity contribution is 0.158. The Morgan fingerprint density at radius 1 is 1.54 bits per heavy atom. The van der Waals surface area contributed by atoms with E-state index in [0.717, 1.165) is 25.4 Å². The summed E-state index contributed by atoms with van der Waals surface area (Å²) in [6.07, 6.45) is 3.60. The molecule has 13 heavy (non-hydrogen) atoms. The average molecular weight is 186 g/mol. The summed E-state index contributed by atoms with van der Waals surface area (Å²) in [5.41, 5.74) is 0. The van der Waals surface area contributed by atoms with Gasteiger partial charge in [0, 0.05) is 19.7 Å². The average Bonchev–Trinajstić information content (AvgIpc) is 2.16. The van der Waals surface area contributed by atoms with Gasteiger partial charge in [0.25, 0.3) is 0 Å². The van der Waals surface area contributed by atoms with Crippen LogP contribution in [0.15, 0.2) is 0 Å². The van der Waals surface area contributed by atoms with Gasteiger partial charge in [-0.25, -0.2) is 0 Å². The number of aliphatic hydroxyl groups is 1. The maximum absolute atomic E-state index is 8.73. The molecule has 3 heteroatoms. The van der Waals surface area contributed by atoms with Crippen molar-refractivity contribution in [2.75, 3.05) is 39.8 Å². The maximum Gasteiger partial charge on any atom is 0.0443 e. The van der Waals surface area contributed by atoms with Gasteiger partial charge in [0.1, 0.15) is 0 Å². The minimum atomic E-state index is 0.327. The quantitative estimate of drug-likeness (QED) is 0.648. The van der Waals surface area contributed by atoms with Gasteiger partial charge < -0.3 is 15.3 Å². The van der Waals surface area contributed by atoms with Crippen LogP contribution >= 0.6 is 0 Å². The van der Waals surface area contributed by atoms with Gasteiger partial charge in [0.2, 0.25) is 0 Å². The van der Waals surface area contributed by atoms with Crippen molar-refractivity contribution >= 4 is 0 Å². The zero-order valence-electron chi connectivity index (χ0n) is 8.63. The number of aliphatic hydroxyl groups excluding tert-OH is 1. The van der Waals surface area contributed by atoms with Crippen LogP contribution in [0.5, 0.6) is 0 Å². The first-order valence-corrected chi connectivity index (χ1v) is 5.34. The minimum Gasteiger partial charge on any atom is -0.396 e. The van der Waals surface area contributed by atoms with E-state index in [1.807, 2.05) is 7.05 Å². The normalized spacial score (nSPS) is 24.9. The fourth-order valence-electron chi connectivity index (χ4n) is 2.10. The van der Waals surface area contributed by atoms with Crippen LogP contribution in [0.25, 0.3) is 0 Å². The largest absolute Gasteiger partial charge is 0.396 e. The fraction of sp³-hybridized carbons (Fsp3) is 1.00. The van der Waals surface area contributed by atoms with E-state index in [2.05, 4.69) is 10.2 Å². The van der Waals surface area contributed by atoms with Crippen LogP contribution in [0.1, 0.15) is 19.3 Å². The van der Waals surface area contributed by atoms with Crippen LogP contribution in [-0.2, 0) is 0 Å². The van der Waals surface area contributed by atoms with E-state index in [1.165, 1.54) is 25.9 Å². The Bertz CT molecular complexity index is 128. The molecule has 3 nitrogen and oxygen atoms in total. The summed E-state index contributed by atoms with van der Waals surface area (Å²) in [7, 11) is 2.02. The number of nitrogens with zero attached hydrogens (tertiary/aromatic N) is 1. The highest BCUT2D eigenvalue weighted by Crippen LogP contribution is 2.15. The molecule has 1 saturated heterocycles. The highest BCUT2D eigenvalue weighted by molar-refractivity contribution is 4.73. The molecule has 2 N–H and O–H groups in total. The SMILES string of the molecule is CNCC1CCCN(CCCO)C1. The third-order valence-corrected chi connectivity index (χ3v) is 2.73. The lowest BCUT2D eigenvalue weighted by atomic mass is 9.98. The van der Waals surface area contributed by atoms with E-state index in [1.54, 1.807) is 0 Å². The summed E-state index contributed by atoms with van der Waals surface area (Å²) in [6, 6.07) is 0. The molecule has 78 valence electrons. The summed E-state index contributed by atoms with van der Waals surface area (Å²) in [6.45, 7) is 4.96. The lowest BCUT2D eigenvalue weighted by Gasteiger charge is -2.32. The predicted molar refractivity (Wildman–Crippen MR) is 54.8 cm³/mol. The molecule has 0 aromatic heterocycles. The Morgan fingerprint density at radius 3 is 3.08 bits per heavy atom. The second-order valence-electron chi connectivity index (χ2n) is 3.94. The van der Waals surface area contributed by atoms with Crippen LogP contribution in [0.3, 0.4) is 0 Å². The first-order chi connectivity index (χ1) is 6.36. The third-order valence-electron chi connectivity index (χ3n) is 2.73. The molecule has 1 rings (SSSR count). The predicted octanol–water partition coefficient (Wildman–Crippen LogP) is 0.300. The molecule has 0 spiro atoms. The summed E-state index contributed by atoms with van der Waals surface area (Å²) in [5, 5.41) is 12.0. The number of likely N-dealkylation sites (tertiary alicyclic amines) is 1. The van der Waals surface area contributed by atoms with Crippen LogP contribution < -0.4 is 5.32 Å². The number of piperidine rings is 1. The first kappa shape index (κ1) is 11.0. The molecular formula is C10H22N2O. The Kier molecular flexibility index (Phi) is 5.35. The van der Waals surface area contributed by atoms with Crippen molar-refractivity contribution in [3.63, 3.8) is 0 Å². The molecule has 0 radical (unpaired) electrons. The van der Waals surface area contributed by atoms with E-state index in [9.17, 15) is 0 Å². The first-order valence-electron chi connectivity index (χ1n) is 5.34. The molecule has 0 aliphatic carbocycles. The molecule has 0 amide bonds. The van der Waals surface area contributed by atoms with Gasteiger partial charge in [-0.15, -0.1) is 0 Å². The monoisotopic (exact) mass is 186 g/mol. The summed E-state index contributed by atoms with van der Waals surface area (Å²) >= 11 is 0. The zero-order chi connectivity index (χ0) is 9.52. The molecule has 1 aliphatic heterocycles. The Morgan fingerprint density at radius 2 is 2.38 bits per heavy atom. The van der Waals surface area contributed by atoms with Crippen molar-refractivity contribution in [1.29, 1.82) is 0 Å². The second kappa shape index (κ2) is 6.35. The van der Waals surface area contributed by atoms with Crippen molar-refractivity contribution in [2.24, 2.45) is 5.92 Å². The third kappa shape index (κ3) is 4.07. The summed E-state index contributed by atoms with van der Waals surface area (Å²) in [4.78, 5) is 2.47. The van der Waals surface area contributed by atoms with Gasteiger partial charge in [-0.2, -0.15) is 0 Å². The molecular weight excluding hydrogens is 164 g/mol. The van der Waals surface area contributed by atoms with Crippen LogP contribution in [-0.4, -0.2) is 49.8 Å². The van der Waals surface area contributed by atoms with Gasteiger partial charge >= 0.3 is 0 Å². The molecule has 1 unspecified atom stereocenters. The van der Waals surface area contributed by atoms with Gasteiger partial charge in [0.05, 0.1) is 0 Å². The fourth-order valence-corrected chi connectivity index (χ4v) is 2.10. The van der Waals surface area contributed by atoms with Crippen molar-refractivity contribution in [3.8, 4) is 0 Å². The van der Waals surface area contributed by atoms with E-state index < -0.39 is 0 Å². The number of rotatable bonds is 5. The standard InChI is InChI=1S/C10H22N2O/c1-11-8-10-4-2-5-12(9-10)6-3-7-13/h10-11,13H,2-9H2,1H3. The van der Waals surface area contributed by atoms with Crippen LogP contribution in [0, 0.1) is 5.92 Å². The van der Waals surface area contributed by atoms with Gasteiger partial charge in [-0.3, -0.25) is 0 Å². The minimum absolute atomic E-state index is 0.327. The van der Waals surface area contributed by atoms with E-state index >= 15 is 0 Å². The molecule has 1 heterocycles. The van der Waals surface area contributed by atoms with Crippen LogP contribution in [0.4, 0.5) is 0 Å². The Hall–Kier alpha value is -0.120.